The van der Waals surface area contributed by atoms with Crippen LogP contribution >= 0.6 is 11.3 Å². The van der Waals surface area contributed by atoms with Crippen LogP contribution in [0.4, 0.5) is 0 Å². The van der Waals surface area contributed by atoms with Gasteiger partial charge in [-0.05, 0) is 46.0 Å². The maximum atomic E-state index is 4.96. The van der Waals surface area contributed by atoms with Gasteiger partial charge in [-0.3, -0.25) is 0 Å². The summed E-state index contributed by atoms with van der Waals surface area (Å²) in [6, 6.07) is 0. The van der Waals surface area contributed by atoms with Crippen molar-refractivity contribution in [2.24, 2.45) is 5.92 Å². The lowest BCUT2D eigenvalue weighted by atomic mass is 9.83. The second-order valence-corrected chi connectivity index (χ2v) is 8.45. The highest BCUT2D eigenvalue weighted by Crippen LogP contribution is 2.38. The lowest BCUT2D eigenvalue weighted by molar-refractivity contribution is 0.347. The molecule has 2 nitrogen and oxygen atoms in total. The molecule has 0 unspecified atom stereocenters. The molecule has 0 atom stereocenters. The molecule has 1 aliphatic rings. The largest absolute Gasteiger partial charge is 0.307 e. The molecule has 0 spiro atoms. The summed E-state index contributed by atoms with van der Waals surface area (Å²) in [6.45, 7) is 12.2. The molecule has 1 aromatic rings. The molecule has 1 aliphatic carbocycles. The van der Waals surface area contributed by atoms with E-state index in [1.807, 2.05) is 11.3 Å². The van der Waals surface area contributed by atoms with Crippen LogP contribution in [0.2, 0.25) is 0 Å². The highest BCUT2D eigenvalue weighted by atomic mass is 32.1. The summed E-state index contributed by atoms with van der Waals surface area (Å²) in [5, 5.41) is 5.01. The molecule has 1 saturated carbocycles. The monoisotopic (exact) mass is 294 g/mol. The van der Waals surface area contributed by atoms with E-state index < -0.39 is 0 Å². The number of hydrogen-bond donors (Lipinski definition) is 1. The summed E-state index contributed by atoms with van der Waals surface area (Å²) in [6.07, 6.45) is 6.48. The lowest BCUT2D eigenvalue weighted by Gasteiger charge is -2.24. The number of hydrogen-bond acceptors (Lipinski definition) is 3. The van der Waals surface area contributed by atoms with Gasteiger partial charge in [0.2, 0.25) is 0 Å². The first-order valence-corrected chi connectivity index (χ1v) is 8.94. The fourth-order valence-corrected chi connectivity index (χ4v) is 4.11. The summed E-state index contributed by atoms with van der Waals surface area (Å²) < 4.78 is 0. The molecule has 114 valence electrons. The van der Waals surface area contributed by atoms with Gasteiger partial charge in [0.1, 0.15) is 0 Å². The van der Waals surface area contributed by atoms with Gasteiger partial charge in [-0.25, -0.2) is 4.98 Å². The van der Waals surface area contributed by atoms with Gasteiger partial charge in [-0.15, -0.1) is 11.3 Å². The highest BCUT2D eigenvalue weighted by molar-refractivity contribution is 7.11. The van der Waals surface area contributed by atoms with Crippen molar-refractivity contribution in [3.63, 3.8) is 0 Å². The van der Waals surface area contributed by atoms with Crippen molar-refractivity contribution in [3.05, 3.63) is 15.6 Å². The summed E-state index contributed by atoms with van der Waals surface area (Å²) in [7, 11) is 0. The molecule has 2 rings (SSSR count). The number of aryl methyl sites for hydroxylation is 1. The van der Waals surface area contributed by atoms with Gasteiger partial charge in [0.05, 0.1) is 10.7 Å². The topological polar surface area (TPSA) is 24.9 Å². The van der Waals surface area contributed by atoms with E-state index in [1.165, 1.54) is 41.3 Å². The summed E-state index contributed by atoms with van der Waals surface area (Å²) in [4.78, 5) is 6.41. The zero-order valence-corrected chi connectivity index (χ0v) is 14.6. The number of rotatable bonds is 4. The molecule has 3 heteroatoms. The first kappa shape index (κ1) is 16.0. The Balaban J connectivity index is 2.06. The normalized spacial score (nSPS) is 24.1. The lowest BCUT2D eigenvalue weighted by Crippen LogP contribution is -2.35. The van der Waals surface area contributed by atoms with Crippen LogP contribution < -0.4 is 5.32 Å². The number of aromatic nitrogens is 1. The summed E-state index contributed by atoms with van der Waals surface area (Å²) in [5.74, 6) is 1.64. The standard InChI is InChI=1S/C17H30N2S/c1-6-14-15(11-18-17(3,4)5)20-16(19-14)13-9-7-12(2)8-10-13/h12-13,18H,6-11H2,1-5H3. The Kier molecular flexibility index (Phi) is 5.25. The van der Waals surface area contributed by atoms with Crippen LogP contribution in [0.5, 0.6) is 0 Å². The third-order valence-corrected chi connectivity index (χ3v) is 5.53. The molecule has 0 saturated heterocycles. The second kappa shape index (κ2) is 6.57. The van der Waals surface area contributed by atoms with Crippen molar-refractivity contribution in [1.29, 1.82) is 0 Å². The zero-order chi connectivity index (χ0) is 14.8. The number of nitrogens with zero attached hydrogens (tertiary/aromatic N) is 1. The Morgan fingerprint density at radius 3 is 2.40 bits per heavy atom. The summed E-state index contributed by atoms with van der Waals surface area (Å²) >= 11 is 1.96. The molecular formula is C17H30N2S. The molecule has 0 amide bonds. The van der Waals surface area contributed by atoms with E-state index >= 15 is 0 Å². The fraction of sp³-hybridized carbons (Fsp3) is 0.824. The Hall–Kier alpha value is -0.410. The van der Waals surface area contributed by atoms with Crippen LogP contribution in [-0.2, 0) is 13.0 Å². The Morgan fingerprint density at radius 1 is 1.20 bits per heavy atom. The quantitative estimate of drug-likeness (QED) is 0.855. The van der Waals surface area contributed by atoms with Crippen LogP contribution in [0.3, 0.4) is 0 Å². The van der Waals surface area contributed by atoms with Gasteiger partial charge >= 0.3 is 0 Å². The molecule has 0 radical (unpaired) electrons. The van der Waals surface area contributed by atoms with E-state index in [4.69, 9.17) is 4.98 Å². The van der Waals surface area contributed by atoms with Crippen molar-refractivity contribution in [3.8, 4) is 0 Å². The smallest absolute Gasteiger partial charge is 0.0962 e. The molecule has 1 fully saturated rings. The second-order valence-electron chi connectivity index (χ2n) is 7.34. The van der Waals surface area contributed by atoms with Crippen LogP contribution in [0, 0.1) is 5.92 Å². The molecule has 0 bridgehead atoms. The molecular weight excluding hydrogens is 264 g/mol. The molecule has 0 aliphatic heterocycles. The number of nitrogens with one attached hydrogen (secondary N) is 1. The van der Waals surface area contributed by atoms with E-state index in [0.29, 0.717) is 0 Å². The SMILES string of the molecule is CCc1nc(C2CCC(C)CC2)sc1CNC(C)(C)C. The van der Waals surface area contributed by atoms with Crippen molar-refractivity contribution in [2.75, 3.05) is 0 Å². The highest BCUT2D eigenvalue weighted by Gasteiger charge is 2.24. The van der Waals surface area contributed by atoms with E-state index in [1.54, 1.807) is 0 Å². The van der Waals surface area contributed by atoms with Crippen molar-refractivity contribution < 1.29 is 0 Å². The average Bonchev–Trinajstić information content (AvgIpc) is 2.79. The van der Waals surface area contributed by atoms with Crippen LogP contribution in [0.15, 0.2) is 0 Å². The van der Waals surface area contributed by atoms with Gasteiger partial charge in [-0.2, -0.15) is 0 Å². The predicted molar refractivity (Wildman–Crippen MR) is 88.5 cm³/mol. The molecule has 20 heavy (non-hydrogen) atoms. The predicted octanol–water partition coefficient (Wildman–Crippen LogP) is 4.89. The Bertz CT molecular complexity index is 423. The fourth-order valence-electron chi connectivity index (χ4n) is 2.84. The van der Waals surface area contributed by atoms with Crippen molar-refractivity contribution in [1.82, 2.24) is 10.3 Å². The minimum absolute atomic E-state index is 0.176. The van der Waals surface area contributed by atoms with Crippen LogP contribution in [-0.4, -0.2) is 10.5 Å². The average molecular weight is 295 g/mol. The molecule has 1 heterocycles. The molecule has 1 aromatic heterocycles. The van der Waals surface area contributed by atoms with E-state index in [9.17, 15) is 0 Å². The summed E-state index contributed by atoms with van der Waals surface area (Å²) in [5.41, 5.74) is 1.50. The minimum Gasteiger partial charge on any atom is -0.307 e. The van der Waals surface area contributed by atoms with E-state index in [-0.39, 0.29) is 5.54 Å². The van der Waals surface area contributed by atoms with Crippen LogP contribution in [0.1, 0.15) is 81.8 Å². The maximum Gasteiger partial charge on any atom is 0.0962 e. The third kappa shape index (κ3) is 4.29. The molecule has 0 aromatic carbocycles. The van der Waals surface area contributed by atoms with Gasteiger partial charge in [0.15, 0.2) is 0 Å². The van der Waals surface area contributed by atoms with Gasteiger partial charge in [-0.1, -0.05) is 26.7 Å². The van der Waals surface area contributed by atoms with Crippen molar-refractivity contribution in [2.45, 2.75) is 84.7 Å². The Labute approximate surface area is 128 Å². The first-order valence-electron chi connectivity index (χ1n) is 8.12. The zero-order valence-electron chi connectivity index (χ0n) is 13.8. The number of thiazole rings is 1. The maximum absolute atomic E-state index is 4.96. The van der Waals surface area contributed by atoms with E-state index in [2.05, 4.69) is 39.9 Å². The minimum atomic E-state index is 0.176. The van der Waals surface area contributed by atoms with Gasteiger partial charge in [0.25, 0.3) is 0 Å². The first-order chi connectivity index (χ1) is 9.39. The van der Waals surface area contributed by atoms with E-state index in [0.717, 1.165) is 24.8 Å². The van der Waals surface area contributed by atoms with Gasteiger partial charge in [0, 0.05) is 22.9 Å². The molecule has 1 N–H and O–H groups in total. The van der Waals surface area contributed by atoms with Crippen molar-refractivity contribution >= 4 is 11.3 Å². The van der Waals surface area contributed by atoms with Gasteiger partial charge < -0.3 is 5.32 Å². The third-order valence-electron chi connectivity index (χ3n) is 4.27. The Morgan fingerprint density at radius 2 is 1.85 bits per heavy atom. The van der Waals surface area contributed by atoms with Crippen LogP contribution in [0.25, 0.3) is 0 Å².